The van der Waals surface area contributed by atoms with Crippen LogP contribution in [0.15, 0.2) is 33.7 Å². The topological polar surface area (TPSA) is 41.6 Å². The zero-order valence-electron chi connectivity index (χ0n) is 10.8. The van der Waals surface area contributed by atoms with Crippen LogP contribution in [0.3, 0.4) is 0 Å². The summed E-state index contributed by atoms with van der Waals surface area (Å²) >= 11 is 3.53. The van der Waals surface area contributed by atoms with E-state index in [1.165, 1.54) is 18.4 Å². The van der Waals surface area contributed by atoms with Crippen molar-refractivity contribution < 1.29 is 0 Å². The van der Waals surface area contributed by atoms with Crippen LogP contribution in [0.4, 0.5) is 0 Å². The smallest absolute Gasteiger partial charge is 0.191 e. The predicted molar refractivity (Wildman–Crippen MR) is 79.4 cm³/mol. The fraction of sp³-hybridized carbons (Fsp3) is 0.500. The van der Waals surface area contributed by atoms with Gasteiger partial charge >= 0.3 is 0 Å². The minimum Gasteiger partial charge on any atom is -0.370 e. The van der Waals surface area contributed by atoms with Crippen molar-refractivity contribution >= 4 is 21.9 Å². The van der Waals surface area contributed by atoms with Crippen molar-refractivity contribution in [3.63, 3.8) is 0 Å². The minimum absolute atomic E-state index is 0.638. The molecule has 1 aliphatic heterocycles. The van der Waals surface area contributed by atoms with Crippen LogP contribution < -0.4 is 5.73 Å². The summed E-state index contributed by atoms with van der Waals surface area (Å²) in [6.07, 6.45) is 2.43. The van der Waals surface area contributed by atoms with E-state index in [1.807, 2.05) is 18.2 Å². The zero-order valence-corrected chi connectivity index (χ0v) is 12.4. The van der Waals surface area contributed by atoms with E-state index in [1.54, 1.807) is 0 Å². The number of nitrogens with two attached hydrogens (primary N) is 1. The Morgan fingerprint density at radius 3 is 2.72 bits per heavy atom. The van der Waals surface area contributed by atoms with E-state index in [9.17, 15) is 0 Å². The Kier molecular flexibility index (Phi) is 4.64. The SMILES string of the molecule is CC1CCN(C(N)=NCc2ccccc2Br)CC1. The number of hydrogen-bond donors (Lipinski definition) is 1. The first-order chi connectivity index (χ1) is 8.66. The fourth-order valence-corrected chi connectivity index (χ4v) is 2.54. The maximum atomic E-state index is 6.05. The molecule has 0 unspecified atom stereocenters. The number of halogens is 1. The lowest BCUT2D eigenvalue weighted by Crippen LogP contribution is -2.42. The highest BCUT2D eigenvalue weighted by Crippen LogP contribution is 2.18. The van der Waals surface area contributed by atoms with Gasteiger partial charge in [-0.1, -0.05) is 41.1 Å². The summed E-state index contributed by atoms with van der Waals surface area (Å²) in [5.41, 5.74) is 7.22. The van der Waals surface area contributed by atoms with Gasteiger partial charge in [-0.2, -0.15) is 0 Å². The summed E-state index contributed by atoms with van der Waals surface area (Å²) in [5, 5.41) is 0. The Hall–Kier alpha value is -1.03. The summed E-state index contributed by atoms with van der Waals surface area (Å²) in [6, 6.07) is 8.13. The first-order valence-corrected chi connectivity index (χ1v) is 7.24. The number of hydrogen-bond acceptors (Lipinski definition) is 1. The molecule has 1 fully saturated rings. The molecule has 0 radical (unpaired) electrons. The van der Waals surface area contributed by atoms with Gasteiger partial charge in [-0.15, -0.1) is 0 Å². The molecule has 18 heavy (non-hydrogen) atoms. The summed E-state index contributed by atoms with van der Waals surface area (Å²) in [7, 11) is 0. The first kappa shape index (κ1) is 13.4. The molecule has 0 aliphatic carbocycles. The van der Waals surface area contributed by atoms with E-state index in [4.69, 9.17) is 5.73 Å². The van der Waals surface area contributed by atoms with Crippen molar-refractivity contribution in [3.8, 4) is 0 Å². The Bertz CT molecular complexity index is 423. The van der Waals surface area contributed by atoms with Gasteiger partial charge in [0.15, 0.2) is 5.96 Å². The standard InChI is InChI=1S/C14H20BrN3/c1-11-6-8-18(9-7-11)14(16)17-10-12-4-2-3-5-13(12)15/h2-5,11H,6-10H2,1H3,(H2,16,17). The van der Waals surface area contributed by atoms with E-state index in [-0.39, 0.29) is 0 Å². The minimum atomic E-state index is 0.638. The molecule has 0 bridgehead atoms. The molecule has 0 atom stereocenters. The lowest BCUT2D eigenvalue weighted by molar-refractivity contribution is 0.277. The van der Waals surface area contributed by atoms with Crippen LogP contribution in [0.2, 0.25) is 0 Å². The molecule has 0 saturated carbocycles. The Morgan fingerprint density at radius 2 is 2.06 bits per heavy atom. The van der Waals surface area contributed by atoms with Gasteiger partial charge in [0.1, 0.15) is 0 Å². The second-order valence-electron chi connectivity index (χ2n) is 4.94. The molecule has 0 spiro atoms. The van der Waals surface area contributed by atoms with Gasteiger partial charge < -0.3 is 10.6 Å². The first-order valence-electron chi connectivity index (χ1n) is 6.45. The molecular weight excluding hydrogens is 290 g/mol. The van der Waals surface area contributed by atoms with Gasteiger partial charge in [-0.05, 0) is 30.4 Å². The molecule has 4 heteroatoms. The molecule has 1 heterocycles. The summed E-state index contributed by atoms with van der Waals surface area (Å²) in [5.74, 6) is 1.50. The number of aliphatic imine (C=N–C) groups is 1. The van der Waals surface area contributed by atoms with E-state index >= 15 is 0 Å². The van der Waals surface area contributed by atoms with Crippen LogP contribution in [0.5, 0.6) is 0 Å². The van der Waals surface area contributed by atoms with Crippen LogP contribution in [0.1, 0.15) is 25.3 Å². The van der Waals surface area contributed by atoms with Crippen molar-refractivity contribution in [3.05, 3.63) is 34.3 Å². The van der Waals surface area contributed by atoms with Crippen molar-refractivity contribution in [1.82, 2.24) is 4.90 Å². The molecule has 2 rings (SSSR count). The summed E-state index contributed by atoms with van der Waals surface area (Å²) in [4.78, 5) is 6.69. The van der Waals surface area contributed by atoms with Gasteiger partial charge in [0, 0.05) is 17.6 Å². The lowest BCUT2D eigenvalue weighted by atomic mass is 10.00. The number of rotatable bonds is 2. The van der Waals surface area contributed by atoms with Gasteiger partial charge in [0.05, 0.1) is 6.54 Å². The third-order valence-electron chi connectivity index (χ3n) is 3.48. The molecule has 1 aromatic rings. The quantitative estimate of drug-likeness (QED) is 0.674. The van der Waals surface area contributed by atoms with Crippen LogP contribution in [0.25, 0.3) is 0 Å². The van der Waals surface area contributed by atoms with Crippen molar-refractivity contribution in [2.24, 2.45) is 16.6 Å². The van der Waals surface area contributed by atoms with Crippen LogP contribution in [0, 0.1) is 5.92 Å². The molecule has 0 amide bonds. The lowest BCUT2D eigenvalue weighted by Gasteiger charge is -2.31. The molecule has 98 valence electrons. The monoisotopic (exact) mass is 309 g/mol. The Labute approximate surface area is 117 Å². The average Bonchev–Trinajstić information content (AvgIpc) is 2.38. The molecular formula is C14H20BrN3. The van der Waals surface area contributed by atoms with Crippen LogP contribution >= 0.6 is 15.9 Å². The summed E-state index contributed by atoms with van der Waals surface area (Å²) < 4.78 is 1.09. The molecule has 3 nitrogen and oxygen atoms in total. The normalized spacial score (nSPS) is 18.1. The third kappa shape index (κ3) is 3.48. The van der Waals surface area contributed by atoms with Crippen LogP contribution in [-0.4, -0.2) is 23.9 Å². The van der Waals surface area contributed by atoms with Gasteiger partial charge in [-0.25, -0.2) is 4.99 Å². The summed E-state index contributed by atoms with van der Waals surface area (Å²) in [6.45, 7) is 5.00. The predicted octanol–water partition coefficient (Wildman–Crippen LogP) is 3.00. The second-order valence-corrected chi connectivity index (χ2v) is 5.79. The highest BCUT2D eigenvalue weighted by Gasteiger charge is 2.16. The maximum Gasteiger partial charge on any atom is 0.191 e. The fourth-order valence-electron chi connectivity index (χ4n) is 2.13. The number of likely N-dealkylation sites (tertiary alicyclic amines) is 1. The van der Waals surface area contributed by atoms with Crippen molar-refractivity contribution in [1.29, 1.82) is 0 Å². The molecule has 2 N–H and O–H groups in total. The molecule has 1 aromatic carbocycles. The molecule has 1 saturated heterocycles. The van der Waals surface area contributed by atoms with Gasteiger partial charge in [-0.3, -0.25) is 0 Å². The van der Waals surface area contributed by atoms with E-state index < -0.39 is 0 Å². The second kappa shape index (κ2) is 6.23. The van der Waals surface area contributed by atoms with E-state index in [2.05, 4.69) is 38.8 Å². The van der Waals surface area contributed by atoms with Crippen LogP contribution in [-0.2, 0) is 6.54 Å². The average molecular weight is 310 g/mol. The number of nitrogens with zero attached hydrogens (tertiary/aromatic N) is 2. The Morgan fingerprint density at radius 1 is 1.39 bits per heavy atom. The molecule has 1 aliphatic rings. The molecule has 0 aromatic heterocycles. The highest BCUT2D eigenvalue weighted by molar-refractivity contribution is 9.10. The largest absolute Gasteiger partial charge is 0.370 e. The zero-order chi connectivity index (χ0) is 13.0. The third-order valence-corrected chi connectivity index (χ3v) is 4.25. The number of guanidine groups is 1. The Balaban J connectivity index is 1.95. The van der Waals surface area contributed by atoms with Crippen molar-refractivity contribution in [2.45, 2.75) is 26.3 Å². The maximum absolute atomic E-state index is 6.05. The van der Waals surface area contributed by atoms with Gasteiger partial charge in [0.2, 0.25) is 0 Å². The number of piperidine rings is 1. The van der Waals surface area contributed by atoms with E-state index in [0.717, 1.165) is 23.5 Å². The van der Waals surface area contributed by atoms with E-state index in [0.29, 0.717) is 12.5 Å². The number of benzene rings is 1. The highest BCUT2D eigenvalue weighted by atomic mass is 79.9. The van der Waals surface area contributed by atoms with Gasteiger partial charge in [0.25, 0.3) is 0 Å². The van der Waals surface area contributed by atoms with Crippen molar-refractivity contribution in [2.75, 3.05) is 13.1 Å².